The van der Waals surface area contributed by atoms with Crippen molar-refractivity contribution in [3.05, 3.63) is 70.4 Å². The Hall–Kier alpha value is -3.68. The van der Waals surface area contributed by atoms with Crippen LogP contribution in [0.3, 0.4) is 0 Å². The molecule has 0 aliphatic rings. The number of nitrogens with zero attached hydrogens (tertiary/aromatic N) is 2. The van der Waals surface area contributed by atoms with E-state index >= 15 is 0 Å². The number of nitro groups is 1. The monoisotopic (exact) mass is 395 g/mol. The minimum Gasteiger partial charge on any atom is -0.497 e. The molecule has 29 heavy (non-hydrogen) atoms. The SMILES string of the molecule is CCOC(=O)C(Cc1ccc2cc([N+](=O)[O-])ccc2n1)Nc1ccc(OC)cc1. The number of rotatable bonds is 8. The zero-order valence-electron chi connectivity index (χ0n) is 16.1. The maximum atomic E-state index is 12.4. The van der Waals surface area contributed by atoms with Gasteiger partial charge in [-0.25, -0.2) is 4.79 Å². The first-order valence-corrected chi connectivity index (χ1v) is 9.11. The number of carbonyl (C=O) groups excluding carboxylic acids is 1. The molecule has 3 rings (SSSR count). The number of hydrogen-bond acceptors (Lipinski definition) is 7. The van der Waals surface area contributed by atoms with Crippen LogP contribution in [0.15, 0.2) is 54.6 Å². The number of non-ortho nitro benzene ring substituents is 1. The van der Waals surface area contributed by atoms with Crippen LogP contribution in [-0.2, 0) is 16.0 Å². The summed E-state index contributed by atoms with van der Waals surface area (Å²) < 4.78 is 10.3. The first-order chi connectivity index (χ1) is 14.0. The zero-order chi connectivity index (χ0) is 20.8. The summed E-state index contributed by atoms with van der Waals surface area (Å²) in [7, 11) is 1.59. The van der Waals surface area contributed by atoms with Crippen molar-refractivity contribution in [2.75, 3.05) is 19.0 Å². The van der Waals surface area contributed by atoms with Crippen molar-refractivity contribution in [3.8, 4) is 5.75 Å². The predicted octanol–water partition coefficient (Wildman–Crippen LogP) is 3.74. The summed E-state index contributed by atoms with van der Waals surface area (Å²) in [6.07, 6.45) is 0.303. The van der Waals surface area contributed by atoms with Gasteiger partial charge in [-0.2, -0.15) is 0 Å². The summed E-state index contributed by atoms with van der Waals surface area (Å²) >= 11 is 0. The number of methoxy groups -OCH3 is 1. The van der Waals surface area contributed by atoms with Gasteiger partial charge in [-0.15, -0.1) is 0 Å². The second-order valence-electron chi connectivity index (χ2n) is 6.32. The zero-order valence-corrected chi connectivity index (χ0v) is 16.1. The van der Waals surface area contributed by atoms with Crippen LogP contribution in [0.4, 0.5) is 11.4 Å². The average Bonchev–Trinajstić information content (AvgIpc) is 2.73. The first-order valence-electron chi connectivity index (χ1n) is 9.11. The molecule has 0 aliphatic heterocycles. The Labute approximate surface area is 167 Å². The molecule has 0 saturated heterocycles. The van der Waals surface area contributed by atoms with Gasteiger partial charge >= 0.3 is 5.97 Å². The third-order valence-corrected chi connectivity index (χ3v) is 4.36. The number of pyridine rings is 1. The molecule has 2 aromatic carbocycles. The highest BCUT2D eigenvalue weighted by atomic mass is 16.6. The number of anilines is 1. The van der Waals surface area contributed by atoms with E-state index in [0.717, 1.165) is 5.69 Å². The third kappa shape index (κ3) is 4.98. The number of esters is 1. The molecule has 0 spiro atoms. The third-order valence-electron chi connectivity index (χ3n) is 4.36. The van der Waals surface area contributed by atoms with E-state index < -0.39 is 11.0 Å². The molecule has 1 atom stereocenters. The number of ether oxygens (including phenoxy) is 2. The molecule has 1 heterocycles. The minimum absolute atomic E-state index is 0.0117. The number of nitro benzene ring substituents is 1. The molecule has 0 saturated carbocycles. The van der Waals surface area contributed by atoms with Gasteiger partial charge in [0.2, 0.25) is 0 Å². The Balaban J connectivity index is 1.83. The molecule has 8 nitrogen and oxygen atoms in total. The Morgan fingerprint density at radius 1 is 1.17 bits per heavy atom. The van der Waals surface area contributed by atoms with Gasteiger partial charge in [-0.05, 0) is 43.3 Å². The van der Waals surface area contributed by atoms with Crippen LogP contribution in [0, 0.1) is 10.1 Å². The molecular formula is C21H21N3O5. The number of nitrogens with one attached hydrogen (secondary N) is 1. The molecule has 1 unspecified atom stereocenters. The quantitative estimate of drug-likeness (QED) is 0.352. The summed E-state index contributed by atoms with van der Waals surface area (Å²) in [5, 5.41) is 14.8. The molecule has 1 N–H and O–H groups in total. The summed E-state index contributed by atoms with van der Waals surface area (Å²) in [4.78, 5) is 27.5. The van der Waals surface area contributed by atoms with Crippen molar-refractivity contribution in [2.45, 2.75) is 19.4 Å². The lowest BCUT2D eigenvalue weighted by Crippen LogP contribution is -2.33. The van der Waals surface area contributed by atoms with Gasteiger partial charge in [0.15, 0.2) is 0 Å². The molecule has 0 radical (unpaired) electrons. The number of benzene rings is 2. The van der Waals surface area contributed by atoms with Gasteiger partial charge in [-0.1, -0.05) is 6.07 Å². The highest BCUT2D eigenvalue weighted by molar-refractivity contribution is 5.82. The smallest absolute Gasteiger partial charge is 0.328 e. The Morgan fingerprint density at radius 2 is 1.93 bits per heavy atom. The van der Waals surface area contributed by atoms with Gasteiger partial charge in [0.1, 0.15) is 11.8 Å². The fourth-order valence-corrected chi connectivity index (χ4v) is 2.92. The van der Waals surface area contributed by atoms with Gasteiger partial charge in [0, 0.05) is 35.3 Å². The van der Waals surface area contributed by atoms with Crippen LogP contribution in [0.5, 0.6) is 5.75 Å². The minimum atomic E-state index is -0.633. The van der Waals surface area contributed by atoms with Gasteiger partial charge in [0.05, 0.1) is 24.2 Å². The van der Waals surface area contributed by atoms with Crippen molar-refractivity contribution in [3.63, 3.8) is 0 Å². The molecule has 0 fully saturated rings. The van der Waals surface area contributed by atoms with Crippen molar-refractivity contribution in [1.29, 1.82) is 0 Å². The molecular weight excluding hydrogens is 374 g/mol. The second-order valence-corrected chi connectivity index (χ2v) is 6.32. The largest absolute Gasteiger partial charge is 0.497 e. The second kappa shape index (κ2) is 9.01. The normalized spacial score (nSPS) is 11.7. The Morgan fingerprint density at radius 3 is 2.59 bits per heavy atom. The summed E-state index contributed by atoms with van der Waals surface area (Å²) in [6.45, 7) is 2.03. The lowest BCUT2D eigenvalue weighted by Gasteiger charge is -2.18. The van der Waals surface area contributed by atoms with E-state index in [0.29, 0.717) is 28.8 Å². The molecule has 0 amide bonds. The van der Waals surface area contributed by atoms with Gasteiger partial charge in [-0.3, -0.25) is 15.1 Å². The predicted molar refractivity (Wildman–Crippen MR) is 109 cm³/mol. The van der Waals surface area contributed by atoms with Crippen LogP contribution < -0.4 is 10.1 Å². The molecule has 0 aliphatic carbocycles. The van der Waals surface area contributed by atoms with Crippen LogP contribution >= 0.6 is 0 Å². The van der Waals surface area contributed by atoms with Crippen molar-refractivity contribution in [1.82, 2.24) is 4.98 Å². The number of aromatic nitrogens is 1. The Kier molecular flexibility index (Phi) is 6.23. The molecule has 1 aromatic heterocycles. The maximum absolute atomic E-state index is 12.4. The lowest BCUT2D eigenvalue weighted by molar-refractivity contribution is -0.384. The number of carbonyl (C=O) groups is 1. The van der Waals surface area contributed by atoms with Crippen molar-refractivity contribution < 1.29 is 19.2 Å². The van der Waals surface area contributed by atoms with E-state index in [1.54, 1.807) is 44.4 Å². The van der Waals surface area contributed by atoms with Crippen LogP contribution in [0.1, 0.15) is 12.6 Å². The maximum Gasteiger partial charge on any atom is 0.328 e. The van der Waals surface area contributed by atoms with E-state index in [1.165, 1.54) is 12.1 Å². The fourth-order valence-electron chi connectivity index (χ4n) is 2.92. The highest BCUT2D eigenvalue weighted by Crippen LogP contribution is 2.21. The summed E-state index contributed by atoms with van der Waals surface area (Å²) in [5.41, 5.74) is 2.06. The lowest BCUT2D eigenvalue weighted by atomic mass is 10.1. The van der Waals surface area contributed by atoms with E-state index in [-0.39, 0.29) is 18.3 Å². The molecule has 8 heteroatoms. The Bertz CT molecular complexity index is 1020. The number of fused-ring (bicyclic) bond motifs is 1. The van der Waals surface area contributed by atoms with Gasteiger partial charge < -0.3 is 14.8 Å². The highest BCUT2D eigenvalue weighted by Gasteiger charge is 2.21. The standard InChI is InChI=1S/C21H21N3O5/c1-3-29-21(25)20(22-15-6-9-18(28-2)10-7-15)13-16-5-4-14-12-17(24(26)27)8-11-19(14)23-16/h4-12,20,22H,3,13H2,1-2H3. The van der Waals surface area contributed by atoms with E-state index in [2.05, 4.69) is 10.3 Å². The van der Waals surface area contributed by atoms with Crippen LogP contribution in [0.25, 0.3) is 10.9 Å². The van der Waals surface area contributed by atoms with Crippen molar-refractivity contribution in [2.24, 2.45) is 0 Å². The van der Waals surface area contributed by atoms with E-state index in [4.69, 9.17) is 9.47 Å². The summed E-state index contributed by atoms with van der Waals surface area (Å²) in [5.74, 6) is 0.336. The molecule has 3 aromatic rings. The fraction of sp³-hybridized carbons (Fsp3) is 0.238. The summed E-state index contributed by atoms with van der Waals surface area (Å²) in [6, 6.07) is 14.6. The van der Waals surface area contributed by atoms with Crippen molar-refractivity contribution >= 4 is 28.2 Å². The van der Waals surface area contributed by atoms with Crippen LogP contribution in [-0.4, -0.2) is 35.6 Å². The topological polar surface area (TPSA) is 104 Å². The van der Waals surface area contributed by atoms with Gasteiger partial charge in [0.25, 0.3) is 5.69 Å². The number of hydrogen-bond donors (Lipinski definition) is 1. The van der Waals surface area contributed by atoms with E-state index in [9.17, 15) is 14.9 Å². The van der Waals surface area contributed by atoms with E-state index in [1.807, 2.05) is 12.1 Å². The average molecular weight is 395 g/mol. The first kappa shape index (κ1) is 20.1. The molecule has 150 valence electrons. The molecule has 0 bridgehead atoms. The van der Waals surface area contributed by atoms with Crippen LogP contribution in [0.2, 0.25) is 0 Å².